The van der Waals surface area contributed by atoms with Gasteiger partial charge in [-0.2, -0.15) is 0 Å². The molecule has 15 heavy (non-hydrogen) atoms. The molecule has 2 aliphatic rings. The van der Waals surface area contributed by atoms with E-state index in [1.165, 1.54) is 64.6 Å². The molecule has 1 aliphatic carbocycles. The van der Waals surface area contributed by atoms with E-state index in [-0.39, 0.29) is 0 Å². The number of nitrogens with one attached hydrogen (secondary N) is 1. The highest BCUT2D eigenvalue weighted by atomic mass is 15.2. The standard InChI is InChI=1S/C13H26N2/c1-2-15(13-7-3-4-8-13)11-9-12-6-5-10-14-12/h12-14H,2-11H2,1H3. The molecule has 0 aromatic heterocycles. The second kappa shape index (κ2) is 5.86. The van der Waals surface area contributed by atoms with Crippen molar-refractivity contribution in [2.24, 2.45) is 0 Å². The maximum atomic E-state index is 3.60. The van der Waals surface area contributed by atoms with Crippen LogP contribution < -0.4 is 5.32 Å². The van der Waals surface area contributed by atoms with Gasteiger partial charge in [0.05, 0.1) is 0 Å². The normalized spacial score (nSPS) is 28.0. The lowest BCUT2D eigenvalue weighted by Crippen LogP contribution is -2.36. The average Bonchev–Trinajstić information content (AvgIpc) is 2.90. The Kier molecular flexibility index (Phi) is 4.45. The molecule has 88 valence electrons. The second-order valence-electron chi connectivity index (χ2n) is 5.15. The van der Waals surface area contributed by atoms with Crippen molar-refractivity contribution in [2.75, 3.05) is 19.6 Å². The highest BCUT2D eigenvalue weighted by Gasteiger charge is 2.22. The Balaban J connectivity index is 1.69. The second-order valence-corrected chi connectivity index (χ2v) is 5.15. The van der Waals surface area contributed by atoms with Gasteiger partial charge in [-0.25, -0.2) is 0 Å². The van der Waals surface area contributed by atoms with Crippen LogP contribution in [0.5, 0.6) is 0 Å². The van der Waals surface area contributed by atoms with E-state index in [4.69, 9.17) is 0 Å². The monoisotopic (exact) mass is 210 g/mol. The zero-order valence-electron chi connectivity index (χ0n) is 10.2. The summed E-state index contributed by atoms with van der Waals surface area (Å²) in [4.78, 5) is 2.72. The van der Waals surface area contributed by atoms with Crippen molar-refractivity contribution in [1.29, 1.82) is 0 Å². The number of hydrogen-bond donors (Lipinski definition) is 1. The molecule has 0 aromatic rings. The number of hydrogen-bond acceptors (Lipinski definition) is 2. The molecule has 1 saturated heterocycles. The van der Waals surface area contributed by atoms with Crippen molar-refractivity contribution in [1.82, 2.24) is 10.2 Å². The Labute approximate surface area is 94.4 Å². The largest absolute Gasteiger partial charge is 0.314 e. The molecular weight excluding hydrogens is 184 g/mol. The zero-order valence-corrected chi connectivity index (χ0v) is 10.2. The molecule has 0 bridgehead atoms. The maximum Gasteiger partial charge on any atom is 0.00951 e. The van der Waals surface area contributed by atoms with Crippen molar-refractivity contribution >= 4 is 0 Å². The Hall–Kier alpha value is -0.0800. The fraction of sp³-hybridized carbons (Fsp3) is 1.00. The summed E-state index contributed by atoms with van der Waals surface area (Å²) in [5.74, 6) is 0. The maximum absolute atomic E-state index is 3.60. The number of nitrogens with zero attached hydrogens (tertiary/aromatic N) is 1. The molecule has 1 saturated carbocycles. The van der Waals surface area contributed by atoms with Crippen LogP contribution in [0, 0.1) is 0 Å². The Morgan fingerprint density at radius 1 is 1.13 bits per heavy atom. The number of rotatable bonds is 5. The van der Waals surface area contributed by atoms with Gasteiger partial charge >= 0.3 is 0 Å². The first-order chi connectivity index (χ1) is 7.40. The summed E-state index contributed by atoms with van der Waals surface area (Å²) < 4.78 is 0. The van der Waals surface area contributed by atoms with Crippen LogP contribution in [0.25, 0.3) is 0 Å². The molecule has 1 atom stereocenters. The third kappa shape index (κ3) is 3.18. The van der Waals surface area contributed by atoms with E-state index in [0.717, 1.165) is 12.1 Å². The quantitative estimate of drug-likeness (QED) is 0.749. The van der Waals surface area contributed by atoms with Crippen LogP contribution in [0.15, 0.2) is 0 Å². The van der Waals surface area contributed by atoms with Gasteiger partial charge in [-0.05, 0) is 51.7 Å². The molecule has 1 unspecified atom stereocenters. The van der Waals surface area contributed by atoms with Crippen molar-refractivity contribution < 1.29 is 0 Å². The SMILES string of the molecule is CCN(CCC1CCCN1)C1CCCC1. The van der Waals surface area contributed by atoms with E-state index in [9.17, 15) is 0 Å². The van der Waals surface area contributed by atoms with Gasteiger partial charge in [0.15, 0.2) is 0 Å². The highest BCUT2D eigenvalue weighted by Crippen LogP contribution is 2.23. The predicted octanol–water partition coefficient (Wildman–Crippen LogP) is 2.39. The predicted molar refractivity (Wildman–Crippen MR) is 65.1 cm³/mol. The third-order valence-electron chi connectivity index (χ3n) is 4.17. The molecule has 2 fully saturated rings. The van der Waals surface area contributed by atoms with Gasteiger partial charge in [0.2, 0.25) is 0 Å². The Bertz CT molecular complexity index is 169. The molecular formula is C13H26N2. The lowest BCUT2D eigenvalue weighted by Gasteiger charge is -2.28. The van der Waals surface area contributed by atoms with Gasteiger partial charge in [-0.3, -0.25) is 0 Å². The van der Waals surface area contributed by atoms with Crippen molar-refractivity contribution in [3.05, 3.63) is 0 Å². The summed E-state index contributed by atoms with van der Waals surface area (Å²) in [5.41, 5.74) is 0. The van der Waals surface area contributed by atoms with Crippen LogP contribution in [-0.2, 0) is 0 Å². The summed E-state index contributed by atoms with van der Waals surface area (Å²) in [5, 5.41) is 3.60. The highest BCUT2D eigenvalue weighted by molar-refractivity contribution is 4.80. The molecule has 0 radical (unpaired) electrons. The van der Waals surface area contributed by atoms with Crippen LogP contribution in [0.3, 0.4) is 0 Å². The smallest absolute Gasteiger partial charge is 0.00951 e. The summed E-state index contributed by atoms with van der Waals surface area (Å²) >= 11 is 0. The fourth-order valence-corrected chi connectivity index (χ4v) is 3.19. The van der Waals surface area contributed by atoms with Crippen molar-refractivity contribution in [3.63, 3.8) is 0 Å². The first-order valence-electron chi connectivity index (χ1n) is 6.87. The average molecular weight is 210 g/mol. The first kappa shape index (κ1) is 11.4. The third-order valence-corrected chi connectivity index (χ3v) is 4.17. The summed E-state index contributed by atoms with van der Waals surface area (Å²) in [7, 11) is 0. The van der Waals surface area contributed by atoms with E-state index in [2.05, 4.69) is 17.1 Å². The topological polar surface area (TPSA) is 15.3 Å². The zero-order chi connectivity index (χ0) is 10.5. The molecule has 1 aliphatic heterocycles. The van der Waals surface area contributed by atoms with Gasteiger partial charge in [0.1, 0.15) is 0 Å². The van der Waals surface area contributed by atoms with Gasteiger partial charge in [-0.1, -0.05) is 19.8 Å². The van der Waals surface area contributed by atoms with E-state index < -0.39 is 0 Å². The van der Waals surface area contributed by atoms with Crippen LogP contribution in [0.2, 0.25) is 0 Å². The van der Waals surface area contributed by atoms with Crippen LogP contribution >= 0.6 is 0 Å². The van der Waals surface area contributed by atoms with Crippen molar-refractivity contribution in [3.8, 4) is 0 Å². The van der Waals surface area contributed by atoms with E-state index in [0.29, 0.717) is 0 Å². The lowest BCUT2D eigenvalue weighted by atomic mass is 10.1. The summed E-state index contributed by atoms with van der Waals surface area (Å²) in [6.45, 7) is 6.14. The molecule has 0 amide bonds. The first-order valence-corrected chi connectivity index (χ1v) is 6.87. The lowest BCUT2D eigenvalue weighted by molar-refractivity contribution is 0.200. The minimum absolute atomic E-state index is 0.820. The molecule has 1 heterocycles. The van der Waals surface area contributed by atoms with Crippen LogP contribution in [0.4, 0.5) is 0 Å². The van der Waals surface area contributed by atoms with E-state index in [1.54, 1.807) is 0 Å². The van der Waals surface area contributed by atoms with Crippen LogP contribution in [-0.4, -0.2) is 36.6 Å². The molecule has 2 nitrogen and oxygen atoms in total. The van der Waals surface area contributed by atoms with E-state index in [1.807, 2.05) is 0 Å². The summed E-state index contributed by atoms with van der Waals surface area (Å²) in [6, 6.07) is 1.73. The van der Waals surface area contributed by atoms with Gasteiger partial charge in [0.25, 0.3) is 0 Å². The molecule has 0 spiro atoms. The fourth-order valence-electron chi connectivity index (χ4n) is 3.19. The molecule has 2 heteroatoms. The minimum Gasteiger partial charge on any atom is -0.314 e. The molecule has 2 rings (SSSR count). The van der Waals surface area contributed by atoms with E-state index >= 15 is 0 Å². The van der Waals surface area contributed by atoms with Crippen LogP contribution in [0.1, 0.15) is 51.9 Å². The minimum atomic E-state index is 0.820. The summed E-state index contributed by atoms with van der Waals surface area (Å²) in [6.07, 6.45) is 9.98. The Morgan fingerprint density at radius 2 is 1.93 bits per heavy atom. The molecule has 0 aromatic carbocycles. The van der Waals surface area contributed by atoms with Gasteiger partial charge < -0.3 is 10.2 Å². The van der Waals surface area contributed by atoms with Gasteiger partial charge in [0, 0.05) is 12.1 Å². The van der Waals surface area contributed by atoms with Crippen molar-refractivity contribution in [2.45, 2.75) is 64.0 Å². The Morgan fingerprint density at radius 3 is 2.53 bits per heavy atom. The molecule has 1 N–H and O–H groups in total. The van der Waals surface area contributed by atoms with Gasteiger partial charge in [-0.15, -0.1) is 0 Å².